The minimum absolute atomic E-state index is 0.0166. The van der Waals surface area contributed by atoms with Crippen LogP contribution in [0.2, 0.25) is 0 Å². The van der Waals surface area contributed by atoms with Gasteiger partial charge in [0.2, 0.25) is 5.91 Å². The lowest BCUT2D eigenvalue weighted by atomic mass is 10.1. The Kier molecular flexibility index (Phi) is 5.41. The SMILES string of the molecule is CCCN(Cc1ccccc1N)C1CCCCNC1=O. The molecule has 1 atom stereocenters. The average molecular weight is 275 g/mol. The van der Waals surface area contributed by atoms with Crippen molar-refractivity contribution in [2.75, 3.05) is 18.8 Å². The Labute approximate surface area is 121 Å². The van der Waals surface area contributed by atoms with Crippen LogP contribution in [0.1, 0.15) is 38.2 Å². The molecule has 0 radical (unpaired) electrons. The molecule has 3 N–H and O–H groups in total. The zero-order chi connectivity index (χ0) is 14.4. The summed E-state index contributed by atoms with van der Waals surface area (Å²) in [4.78, 5) is 14.5. The van der Waals surface area contributed by atoms with Gasteiger partial charge in [0.1, 0.15) is 0 Å². The molecule has 0 spiro atoms. The molecule has 0 saturated carbocycles. The summed E-state index contributed by atoms with van der Waals surface area (Å²) < 4.78 is 0. The Morgan fingerprint density at radius 1 is 1.35 bits per heavy atom. The van der Waals surface area contributed by atoms with Gasteiger partial charge < -0.3 is 11.1 Å². The Morgan fingerprint density at radius 3 is 2.90 bits per heavy atom. The molecular weight excluding hydrogens is 250 g/mol. The van der Waals surface area contributed by atoms with E-state index < -0.39 is 0 Å². The van der Waals surface area contributed by atoms with E-state index in [4.69, 9.17) is 5.73 Å². The zero-order valence-corrected chi connectivity index (χ0v) is 12.3. The number of nitrogens with zero attached hydrogens (tertiary/aromatic N) is 1. The molecule has 1 aliphatic rings. The Balaban J connectivity index is 2.13. The summed E-state index contributed by atoms with van der Waals surface area (Å²) in [6.07, 6.45) is 4.17. The molecule has 1 aromatic rings. The van der Waals surface area contributed by atoms with Crippen LogP contribution in [0.25, 0.3) is 0 Å². The standard InChI is InChI=1S/C16H25N3O/c1-2-11-19(12-13-7-3-4-8-14(13)17)15-9-5-6-10-18-16(15)20/h3-4,7-8,15H,2,5-6,9-12,17H2,1H3,(H,18,20). The van der Waals surface area contributed by atoms with E-state index in [1.165, 1.54) is 0 Å². The second kappa shape index (κ2) is 7.29. The zero-order valence-electron chi connectivity index (χ0n) is 12.3. The van der Waals surface area contributed by atoms with Crippen LogP contribution in [0.3, 0.4) is 0 Å². The number of nitrogen functional groups attached to an aromatic ring is 1. The molecule has 1 amide bonds. The maximum atomic E-state index is 12.2. The first-order valence-electron chi connectivity index (χ1n) is 7.57. The lowest BCUT2D eigenvalue weighted by Crippen LogP contribution is -2.45. The summed E-state index contributed by atoms with van der Waals surface area (Å²) >= 11 is 0. The molecule has 0 aliphatic carbocycles. The molecule has 2 rings (SSSR count). The predicted molar refractivity (Wildman–Crippen MR) is 82.2 cm³/mol. The van der Waals surface area contributed by atoms with Gasteiger partial charge in [0, 0.05) is 18.8 Å². The van der Waals surface area contributed by atoms with Gasteiger partial charge in [-0.05, 0) is 43.9 Å². The van der Waals surface area contributed by atoms with Crippen molar-refractivity contribution in [1.29, 1.82) is 0 Å². The van der Waals surface area contributed by atoms with Crippen LogP contribution in [0.5, 0.6) is 0 Å². The number of benzene rings is 1. The van der Waals surface area contributed by atoms with E-state index >= 15 is 0 Å². The first-order valence-corrected chi connectivity index (χ1v) is 7.57. The summed E-state index contributed by atoms with van der Waals surface area (Å²) in [7, 11) is 0. The number of amides is 1. The van der Waals surface area contributed by atoms with Crippen LogP contribution in [-0.4, -0.2) is 29.9 Å². The number of para-hydroxylation sites is 1. The first-order chi connectivity index (χ1) is 9.72. The molecule has 20 heavy (non-hydrogen) atoms. The second-order valence-electron chi connectivity index (χ2n) is 5.47. The Morgan fingerprint density at radius 2 is 2.15 bits per heavy atom. The third-order valence-corrected chi connectivity index (χ3v) is 3.89. The van der Waals surface area contributed by atoms with Crippen LogP contribution < -0.4 is 11.1 Å². The van der Waals surface area contributed by atoms with E-state index in [0.29, 0.717) is 0 Å². The molecule has 0 aromatic heterocycles. The maximum Gasteiger partial charge on any atom is 0.237 e. The van der Waals surface area contributed by atoms with Gasteiger partial charge in [0.25, 0.3) is 0 Å². The van der Waals surface area contributed by atoms with Crippen molar-refractivity contribution in [3.8, 4) is 0 Å². The largest absolute Gasteiger partial charge is 0.398 e. The number of carbonyl (C=O) groups excluding carboxylic acids is 1. The van der Waals surface area contributed by atoms with Crippen molar-refractivity contribution in [3.63, 3.8) is 0 Å². The van der Waals surface area contributed by atoms with Gasteiger partial charge in [0.05, 0.1) is 6.04 Å². The molecule has 4 nitrogen and oxygen atoms in total. The van der Waals surface area contributed by atoms with E-state index in [1.807, 2.05) is 24.3 Å². The summed E-state index contributed by atoms with van der Waals surface area (Å²) in [5, 5.41) is 3.02. The van der Waals surface area contributed by atoms with Crippen molar-refractivity contribution >= 4 is 11.6 Å². The molecule has 1 saturated heterocycles. The highest BCUT2D eigenvalue weighted by Crippen LogP contribution is 2.19. The summed E-state index contributed by atoms with van der Waals surface area (Å²) in [5.41, 5.74) is 7.95. The van der Waals surface area contributed by atoms with Crippen molar-refractivity contribution in [2.24, 2.45) is 0 Å². The number of hydrogen-bond acceptors (Lipinski definition) is 3. The third-order valence-electron chi connectivity index (χ3n) is 3.89. The van der Waals surface area contributed by atoms with Crippen LogP contribution in [-0.2, 0) is 11.3 Å². The molecule has 0 bridgehead atoms. The predicted octanol–water partition coefficient (Wildman–Crippen LogP) is 2.15. The fourth-order valence-corrected chi connectivity index (χ4v) is 2.80. The highest BCUT2D eigenvalue weighted by atomic mass is 16.2. The van der Waals surface area contributed by atoms with E-state index in [0.717, 1.165) is 56.6 Å². The fourth-order valence-electron chi connectivity index (χ4n) is 2.80. The Hall–Kier alpha value is -1.55. The monoisotopic (exact) mass is 275 g/mol. The smallest absolute Gasteiger partial charge is 0.237 e. The normalized spacial score (nSPS) is 19.7. The number of hydrogen-bond donors (Lipinski definition) is 2. The van der Waals surface area contributed by atoms with Crippen molar-refractivity contribution in [3.05, 3.63) is 29.8 Å². The molecule has 1 heterocycles. The molecule has 1 fully saturated rings. The van der Waals surface area contributed by atoms with Crippen LogP contribution in [0, 0.1) is 0 Å². The number of nitrogens with one attached hydrogen (secondary N) is 1. The van der Waals surface area contributed by atoms with E-state index in [-0.39, 0.29) is 11.9 Å². The van der Waals surface area contributed by atoms with Crippen LogP contribution in [0.4, 0.5) is 5.69 Å². The fraction of sp³-hybridized carbons (Fsp3) is 0.562. The van der Waals surface area contributed by atoms with E-state index in [2.05, 4.69) is 17.1 Å². The topological polar surface area (TPSA) is 58.4 Å². The summed E-state index contributed by atoms with van der Waals surface area (Å²) in [6.45, 7) is 4.63. The highest BCUT2D eigenvalue weighted by Gasteiger charge is 2.26. The first kappa shape index (κ1) is 14.9. The number of anilines is 1. The quantitative estimate of drug-likeness (QED) is 0.810. The molecule has 4 heteroatoms. The van der Waals surface area contributed by atoms with Crippen molar-refractivity contribution in [2.45, 2.75) is 45.2 Å². The molecule has 1 unspecified atom stereocenters. The molecule has 110 valence electrons. The van der Waals surface area contributed by atoms with Gasteiger partial charge in [-0.1, -0.05) is 25.1 Å². The Bertz CT molecular complexity index is 447. The van der Waals surface area contributed by atoms with Gasteiger partial charge >= 0.3 is 0 Å². The van der Waals surface area contributed by atoms with Crippen molar-refractivity contribution < 1.29 is 4.79 Å². The minimum atomic E-state index is -0.0166. The van der Waals surface area contributed by atoms with Crippen LogP contribution >= 0.6 is 0 Å². The molecular formula is C16H25N3O. The number of rotatable bonds is 5. The maximum absolute atomic E-state index is 12.2. The lowest BCUT2D eigenvalue weighted by Gasteiger charge is -2.30. The third kappa shape index (κ3) is 3.73. The number of nitrogens with two attached hydrogens (primary N) is 1. The van der Waals surface area contributed by atoms with Gasteiger partial charge in [0.15, 0.2) is 0 Å². The van der Waals surface area contributed by atoms with Gasteiger partial charge in [-0.15, -0.1) is 0 Å². The van der Waals surface area contributed by atoms with Gasteiger partial charge in [-0.2, -0.15) is 0 Å². The summed E-state index contributed by atoms with van der Waals surface area (Å²) in [5.74, 6) is 0.172. The van der Waals surface area contributed by atoms with Gasteiger partial charge in [-0.25, -0.2) is 0 Å². The summed E-state index contributed by atoms with van der Waals surface area (Å²) in [6, 6.07) is 7.90. The number of carbonyl (C=O) groups is 1. The highest BCUT2D eigenvalue weighted by molar-refractivity contribution is 5.81. The molecule has 1 aliphatic heterocycles. The minimum Gasteiger partial charge on any atom is -0.398 e. The van der Waals surface area contributed by atoms with Crippen LogP contribution in [0.15, 0.2) is 24.3 Å². The van der Waals surface area contributed by atoms with Crippen molar-refractivity contribution in [1.82, 2.24) is 10.2 Å². The van der Waals surface area contributed by atoms with E-state index in [9.17, 15) is 4.79 Å². The average Bonchev–Trinajstić information content (AvgIpc) is 2.65. The lowest BCUT2D eigenvalue weighted by molar-refractivity contribution is -0.126. The second-order valence-corrected chi connectivity index (χ2v) is 5.47. The van der Waals surface area contributed by atoms with E-state index in [1.54, 1.807) is 0 Å². The van der Waals surface area contributed by atoms with Gasteiger partial charge in [-0.3, -0.25) is 9.69 Å². The molecule has 1 aromatic carbocycles.